The first-order valence-corrected chi connectivity index (χ1v) is 8.52. The van der Waals surface area contributed by atoms with Gasteiger partial charge in [-0.15, -0.1) is 0 Å². The van der Waals surface area contributed by atoms with Crippen LogP contribution in [0, 0.1) is 0 Å². The summed E-state index contributed by atoms with van der Waals surface area (Å²) in [6.45, 7) is 0. The van der Waals surface area contributed by atoms with Crippen molar-refractivity contribution < 1.29 is 105 Å². The van der Waals surface area contributed by atoms with Gasteiger partial charge in [0.15, 0.2) is 0 Å². The Hall–Kier alpha value is -2.50. The molecule has 0 saturated carbocycles. The number of carboxylic acids is 2. The molecule has 0 heterocycles. The van der Waals surface area contributed by atoms with Crippen LogP contribution in [0.25, 0.3) is 21.5 Å². The van der Waals surface area contributed by atoms with E-state index in [2.05, 4.69) is 0 Å². The fourth-order valence-corrected chi connectivity index (χ4v) is 3.05. The van der Waals surface area contributed by atoms with E-state index < -0.39 is 34.9 Å². The van der Waals surface area contributed by atoms with Crippen molar-refractivity contribution in [2.75, 3.05) is 0 Å². The van der Waals surface area contributed by atoms with Gasteiger partial charge in [-0.05, 0) is 33.7 Å². The molecule has 0 aliphatic rings. The fourth-order valence-electron chi connectivity index (χ4n) is 3.05. The molecule has 0 radical (unpaired) electrons. The van der Waals surface area contributed by atoms with E-state index in [1.807, 2.05) is 0 Å². The van der Waals surface area contributed by atoms with Crippen LogP contribution in [0.3, 0.4) is 0 Å². The van der Waals surface area contributed by atoms with E-state index in [4.69, 9.17) is 10.2 Å². The van der Waals surface area contributed by atoms with Gasteiger partial charge in [0, 0.05) is 0 Å². The SMILES string of the molecule is O.O=C(O)c1c([O-])c(O)cc2ccccc12.O=C(O)c1c([O-])c(O)cc2ccccc12.[Na+].[Na+]. The van der Waals surface area contributed by atoms with Crippen LogP contribution in [-0.2, 0) is 0 Å². The zero-order chi connectivity index (χ0) is 22.0. The molecule has 0 aliphatic carbocycles. The Kier molecular flexibility index (Phi) is 11.7. The van der Waals surface area contributed by atoms with Crippen molar-refractivity contribution in [3.8, 4) is 23.0 Å². The molecule has 160 valence electrons. The second kappa shape index (κ2) is 12.7. The molecule has 0 bridgehead atoms. The van der Waals surface area contributed by atoms with E-state index in [9.17, 15) is 30.0 Å². The Labute approximate surface area is 231 Å². The van der Waals surface area contributed by atoms with Crippen LogP contribution >= 0.6 is 0 Å². The molecule has 4 rings (SSSR count). The first-order valence-electron chi connectivity index (χ1n) is 8.52. The van der Waals surface area contributed by atoms with Gasteiger partial charge in [-0.3, -0.25) is 0 Å². The molecule has 0 aliphatic heterocycles. The summed E-state index contributed by atoms with van der Waals surface area (Å²) in [6.07, 6.45) is 0. The number of phenolic OH excluding ortho intramolecular Hbond substituents is 2. The number of carbonyl (C=O) groups is 2. The second-order valence-electron chi connectivity index (χ2n) is 6.25. The molecular formula is C22H16Na2O9. The number of phenols is 2. The summed E-state index contributed by atoms with van der Waals surface area (Å²) in [5.74, 6) is -5.42. The molecule has 4 aromatic rings. The maximum absolute atomic E-state index is 11.4. The first-order chi connectivity index (χ1) is 14.2. The second-order valence-corrected chi connectivity index (χ2v) is 6.25. The van der Waals surface area contributed by atoms with Gasteiger partial charge in [-0.25, -0.2) is 9.59 Å². The minimum Gasteiger partial charge on any atom is -0.869 e. The van der Waals surface area contributed by atoms with Crippen molar-refractivity contribution in [1.29, 1.82) is 0 Å². The summed E-state index contributed by atoms with van der Waals surface area (Å²) >= 11 is 0. The summed E-state index contributed by atoms with van der Waals surface area (Å²) < 4.78 is 0. The largest absolute Gasteiger partial charge is 1.00 e. The molecule has 11 heteroatoms. The molecule has 4 aromatic carbocycles. The van der Waals surface area contributed by atoms with Crippen LogP contribution in [-0.4, -0.2) is 37.8 Å². The number of fused-ring (bicyclic) bond motifs is 2. The summed E-state index contributed by atoms with van der Waals surface area (Å²) in [7, 11) is 0. The van der Waals surface area contributed by atoms with Gasteiger partial charge in [0.2, 0.25) is 0 Å². The molecule has 0 spiro atoms. The van der Waals surface area contributed by atoms with Crippen molar-refractivity contribution in [3.63, 3.8) is 0 Å². The van der Waals surface area contributed by atoms with Crippen molar-refractivity contribution in [1.82, 2.24) is 0 Å². The molecule has 0 aromatic heterocycles. The first kappa shape index (κ1) is 30.5. The average molecular weight is 470 g/mol. The zero-order valence-electron chi connectivity index (χ0n) is 17.7. The normalized spacial score (nSPS) is 9.45. The molecular weight excluding hydrogens is 454 g/mol. The molecule has 0 fully saturated rings. The number of hydrogen-bond acceptors (Lipinski definition) is 6. The van der Waals surface area contributed by atoms with E-state index in [1.54, 1.807) is 48.5 Å². The number of carboxylic acid groups (broad SMARTS) is 2. The number of benzene rings is 4. The topological polar surface area (TPSA) is 193 Å². The minimum atomic E-state index is -1.33. The van der Waals surface area contributed by atoms with E-state index in [-0.39, 0.29) is 75.7 Å². The van der Waals surface area contributed by atoms with Crippen molar-refractivity contribution in [3.05, 3.63) is 71.8 Å². The average Bonchev–Trinajstić information content (AvgIpc) is 2.69. The summed E-state index contributed by atoms with van der Waals surface area (Å²) in [5, 5.41) is 60.8. The van der Waals surface area contributed by atoms with Gasteiger partial charge >= 0.3 is 71.1 Å². The molecule has 0 atom stereocenters. The standard InChI is InChI=1S/2C11H8O4.2Na.H2O/c2*12-8-5-6-3-1-2-4-7(6)9(10(8)13)11(14)15;;;/h2*1-5,12-13H,(H,14,15);;;1H2/q;;2*+1;/p-2. The molecule has 9 nitrogen and oxygen atoms in total. The van der Waals surface area contributed by atoms with Crippen LogP contribution in [0.4, 0.5) is 0 Å². The smallest absolute Gasteiger partial charge is 0.869 e. The van der Waals surface area contributed by atoms with Gasteiger partial charge in [0.05, 0.1) is 11.1 Å². The summed E-state index contributed by atoms with van der Waals surface area (Å²) in [6, 6.07) is 15.6. The maximum atomic E-state index is 11.4. The Morgan fingerprint density at radius 1 is 0.636 bits per heavy atom. The Morgan fingerprint density at radius 3 is 1.24 bits per heavy atom. The Bertz CT molecular complexity index is 1210. The van der Waals surface area contributed by atoms with Crippen LogP contribution in [0.1, 0.15) is 20.7 Å². The van der Waals surface area contributed by atoms with Gasteiger partial charge in [0.25, 0.3) is 0 Å². The van der Waals surface area contributed by atoms with E-state index in [0.29, 0.717) is 21.5 Å². The fraction of sp³-hybridized carbons (Fsp3) is 0. The van der Waals surface area contributed by atoms with Crippen molar-refractivity contribution in [2.45, 2.75) is 0 Å². The third kappa shape index (κ3) is 6.30. The van der Waals surface area contributed by atoms with Crippen LogP contribution < -0.4 is 69.3 Å². The molecule has 33 heavy (non-hydrogen) atoms. The van der Waals surface area contributed by atoms with Gasteiger partial charge in [0.1, 0.15) is 11.5 Å². The number of aromatic carboxylic acids is 2. The Balaban J connectivity index is 0.000000569. The van der Waals surface area contributed by atoms with E-state index in [0.717, 1.165) is 0 Å². The van der Waals surface area contributed by atoms with Crippen molar-refractivity contribution in [2.24, 2.45) is 0 Å². The predicted octanol–water partition coefficient (Wildman–Crippen LogP) is -4.18. The molecule has 6 N–H and O–H groups in total. The van der Waals surface area contributed by atoms with Gasteiger partial charge in [-0.2, -0.15) is 0 Å². The molecule has 0 amide bonds. The zero-order valence-corrected chi connectivity index (χ0v) is 21.7. The van der Waals surface area contributed by atoms with E-state index in [1.165, 1.54) is 12.1 Å². The van der Waals surface area contributed by atoms with Crippen LogP contribution in [0.5, 0.6) is 23.0 Å². The van der Waals surface area contributed by atoms with E-state index >= 15 is 0 Å². The van der Waals surface area contributed by atoms with Crippen LogP contribution in [0.15, 0.2) is 60.7 Å². The minimum absolute atomic E-state index is 0. The summed E-state index contributed by atoms with van der Waals surface area (Å²) in [4.78, 5) is 21.8. The van der Waals surface area contributed by atoms with Crippen molar-refractivity contribution >= 4 is 33.5 Å². The number of hydrogen-bond donors (Lipinski definition) is 4. The predicted molar refractivity (Wildman–Crippen MR) is 108 cm³/mol. The van der Waals surface area contributed by atoms with Gasteiger partial charge < -0.3 is 36.1 Å². The third-order valence-corrected chi connectivity index (χ3v) is 4.39. The third-order valence-electron chi connectivity index (χ3n) is 4.39. The van der Waals surface area contributed by atoms with Gasteiger partial charge in [-0.1, -0.05) is 60.0 Å². The Morgan fingerprint density at radius 2 is 0.939 bits per heavy atom. The monoisotopic (exact) mass is 470 g/mol. The molecule has 0 saturated heterocycles. The maximum Gasteiger partial charge on any atom is 1.00 e. The quantitative estimate of drug-likeness (QED) is 0.212. The number of aromatic hydroxyl groups is 2. The summed E-state index contributed by atoms with van der Waals surface area (Å²) in [5.41, 5.74) is -0.767. The molecule has 0 unspecified atom stereocenters. The van der Waals surface area contributed by atoms with Crippen LogP contribution in [0.2, 0.25) is 0 Å². The number of rotatable bonds is 2.